The predicted octanol–water partition coefficient (Wildman–Crippen LogP) is 5.45. The van der Waals surface area contributed by atoms with Crippen LogP contribution >= 0.6 is 22.7 Å². The van der Waals surface area contributed by atoms with E-state index in [1.165, 1.54) is 4.88 Å². The Balaban J connectivity index is 1.15. The molecule has 5 nitrogen and oxygen atoms in total. The Morgan fingerprint density at radius 3 is 2.27 bits per heavy atom. The van der Waals surface area contributed by atoms with E-state index >= 15 is 0 Å². The zero-order chi connectivity index (χ0) is 22.2. The van der Waals surface area contributed by atoms with Crippen molar-refractivity contribution in [1.29, 1.82) is 0 Å². The van der Waals surface area contributed by atoms with Crippen molar-refractivity contribution in [2.75, 3.05) is 26.2 Å². The number of carbonyl (C=O) groups is 1. The third-order valence-corrected chi connectivity index (χ3v) is 8.02. The predicted molar refractivity (Wildman–Crippen MR) is 132 cm³/mol. The number of hydrogen-bond donors (Lipinski definition) is 0. The van der Waals surface area contributed by atoms with Crippen LogP contribution in [0.15, 0.2) is 71.4 Å². The molecule has 0 radical (unpaired) electrons. The average Bonchev–Trinajstić information content (AvgIpc) is 3.55. The molecule has 2 aliphatic heterocycles. The van der Waals surface area contributed by atoms with Crippen LogP contribution in [0.2, 0.25) is 0 Å². The molecule has 2 aliphatic rings. The van der Waals surface area contributed by atoms with Gasteiger partial charge in [-0.3, -0.25) is 9.69 Å². The SMILES string of the molecule is O=C(C1c2ccccc2Oc2ccccc21)N1CCN(Cc2nc(-c3cccs3)cs2)CC1. The fraction of sp³-hybridized carbons (Fsp3) is 0.231. The van der Waals surface area contributed by atoms with E-state index in [1.54, 1.807) is 22.7 Å². The topological polar surface area (TPSA) is 45.7 Å². The lowest BCUT2D eigenvalue weighted by atomic mass is 9.86. The van der Waals surface area contributed by atoms with Crippen LogP contribution in [-0.4, -0.2) is 46.9 Å². The van der Waals surface area contributed by atoms with Crippen molar-refractivity contribution in [3.63, 3.8) is 0 Å². The minimum Gasteiger partial charge on any atom is -0.457 e. The second kappa shape index (κ2) is 8.74. The lowest BCUT2D eigenvalue weighted by Gasteiger charge is -2.37. The second-order valence-corrected chi connectivity index (χ2v) is 10.2. The van der Waals surface area contributed by atoms with Gasteiger partial charge in [0.15, 0.2) is 0 Å². The molecule has 0 atom stereocenters. The molecule has 0 bridgehead atoms. The highest BCUT2D eigenvalue weighted by Crippen LogP contribution is 2.44. The first-order valence-corrected chi connectivity index (χ1v) is 12.9. The van der Waals surface area contributed by atoms with Gasteiger partial charge < -0.3 is 9.64 Å². The van der Waals surface area contributed by atoms with Crippen molar-refractivity contribution < 1.29 is 9.53 Å². The van der Waals surface area contributed by atoms with Gasteiger partial charge >= 0.3 is 0 Å². The Hall–Kier alpha value is -3.00. The highest BCUT2D eigenvalue weighted by Gasteiger charge is 2.36. The maximum absolute atomic E-state index is 13.7. The molecule has 1 amide bonds. The molecule has 33 heavy (non-hydrogen) atoms. The molecule has 1 fully saturated rings. The molecule has 0 N–H and O–H groups in total. The van der Waals surface area contributed by atoms with Crippen LogP contribution < -0.4 is 4.74 Å². The van der Waals surface area contributed by atoms with Gasteiger partial charge in [0.05, 0.1) is 23.0 Å². The van der Waals surface area contributed by atoms with Gasteiger partial charge in [0.2, 0.25) is 5.91 Å². The van der Waals surface area contributed by atoms with Crippen LogP contribution in [0.4, 0.5) is 0 Å². The summed E-state index contributed by atoms with van der Waals surface area (Å²) in [5, 5.41) is 5.35. The number of amides is 1. The van der Waals surface area contributed by atoms with Gasteiger partial charge in [0.25, 0.3) is 0 Å². The van der Waals surface area contributed by atoms with Crippen molar-refractivity contribution in [3.05, 3.63) is 87.6 Å². The highest BCUT2D eigenvalue weighted by atomic mass is 32.1. The monoisotopic (exact) mass is 473 g/mol. The minimum atomic E-state index is -0.315. The summed E-state index contributed by atoms with van der Waals surface area (Å²) in [5.41, 5.74) is 2.97. The van der Waals surface area contributed by atoms with Crippen LogP contribution in [0, 0.1) is 0 Å². The number of fused-ring (bicyclic) bond motifs is 2. The Morgan fingerprint density at radius 2 is 1.61 bits per heavy atom. The molecule has 2 aromatic heterocycles. The number of rotatable bonds is 4. The molecule has 0 saturated carbocycles. The van der Waals surface area contributed by atoms with Gasteiger partial charge in [0, 0.05) is 42.7 Å². The zero-order valence-corrected chi connectivity index (χ0v) is 19.6. The van der Waals surface area contributed by atoms with E-state index in [1.807, 2.05) is 53.4 Å². The molecular weight excluding hydrogens is 450 g/mol. The Bertz CT molecular complexity index is 1230. The number of piperazine rings is 1. The van der Waals surface area contributed by atoms with E-state index in [0.717, 1.165) is 66.1 Å². The zero-order valence-electron chi connectivity index (χ0n) is 18.0. The quantitative estimate of drug-likeness (QED) is 0.395. The molecule has 0 unspecified atom stereocenters. The third kappa shape index (κ3) is 3.97. The summed E-state index contributed by atoms with van der Waals surface area (Å²) in [4.78, 5) is 24.2. The number of nitrogens with zero attached hydrogens (tertiary/aromatic N) is 3. The van der Waals surface area contributed by atoms with Crippen molar-refractivity contribution in [2.45, 2.75) is 12.5 Å². The summed E-state index contributed by atoms with van der Waals surface area (Å²) < 4.78 is 6.07. The molecule has 166 valence electrons. The highest BCUT2D eigenvalue weighted by molar-refractivity contribution is 7.14. The van der Waals surface area contributed by atoms with E-state index in [2.05, 4.69) is 27.8 Å². The second-order valence-electron chi connectivity index (χ2n) is 8.32. The molecule has 1 saturated heterocycles. The van der Waals surface area contributed by atoms with E-state index in [-0.39, 0.29) is 11.8 Å². The molecule has 6 rings (SSSR count). The number of carbonyl (C=O) groups excluding carboxylic acids is 1. The Kier molecular flexibility index (Phi) is 5.46. The molecule has 4 heterocycles. The Morgan fingerprint density at radius 1 is 0.909 bits per heavy atom. The van der Waals surface area contributed by atoms with Crippen molar-refractivity contribution in [3.8, 4) is 22.1 Å². The van der Waals surface area contributed by atoms with Gasteiger partial charge in [-0.25, -0.2) is 4.98 Å². The summed E-state index contributed by atoms with van der Waals surface area (Å²) in [6.45, 7) is 3.99. The molecule has 2 aromatic carbocycles. The number of hydrogen-bond acceptors (Lipinski definition) is 6. The number of ether oxygens (including phenoxy) is 1. The number of benzene rings is 2. The first kappa shape index (κ1) is 20.6. The fourth-order valence-corrected chi connectivity index (χ4v) is 6.19. The minimum absolute atomic E-state index is 0.159. The molecule has 0 spiro atoms. The van der Waals surface area contributed by atoms with E-state index in [4.69, 9.17) is 9.72 Å². The standard InChI is InChI=1S/C26H23N3O2S2/c30-26(25-18-6-1-3-8-21(18)31-22-9-4-2-7-19(22)25)29-13-11-28(12-14-29)16-24-27-20(17-33-24)23-10-5-15-32-23/h1-10,15,17,25H,11-14,16H2. The molecular formula is C26H23N3O2S2. The van der Waals surface area contributed by atoms with Crippen LogP contribution in [0.1, 0.15) is 22.1 Å². The van der Waals surface area contributed by atoms with Crippen molar-refractivity contribution in [2.24, 2.45) is 0 Å². The van der Waals surface area contributed by atoms with Gasteiger partial charge in [0.1, 0.15) is 16.5 Å². The maximum atomic E-state index is 13.7. The maximum Gasteiger partial charge on any atom is 0.234 e. The van der Waals surface area contributed by atoms with Crippen LogP contribution in [0.25, 0.3) is 10.6 Å². The number of thiazole rings is 1. The fourth-order valence-electron chi connectivity index (χ4n) is 4.60. The van der Waals surface area contributed by atoms with Gasteiger partial charge in [-0.15, -0.1) is 22.7 Å². The lowest BCUT2D eigenvalue weighted by Crippen LogP contribution is -2.49. The number of aromatic nitrogens is 1. The van der Waals surface area contributed by atoms with Crippen molar-refractivity contribution in [1.82, 2.24) is 14.8 Å². The normalized spacial score (nSPS) is 16.2. The van der Waals surface area contributed by atoms with Crippen LogP contribution in [-0.2, 0) is 11.3 Å². The van der Waals surface area contributed by atoms with Gasteiger partial charge in [-0.05, 0) is 23.6 Å². The lowest BCUT2D eigenvalue weighted by molar-refractivity contribution is -0.133. The third-order valence-electron chi connectivity index (χ3n) is 6.30. The largest absolute Gasteiger partial charge is 0.457 e. The van der Waals surface area contributed by atoms with Crippen molar-refractivity contribution >= 4 is 28.6 Å². The number of para-hydroxylation sites is 2. The van der Waals surface area contributed by atoms with Gasteiger partial charge in [-0.2, -0.15) is 0 Å². The first-order valence-electron chi connectivity index (χ1n) is 11.1. The summed E-state index contributed by atoms with van der Waals surface area (Å²) in [5.74, 6) is 1.40. The van der Waals surface area contributed by atoms with E-state index < -0.39 is 0 Å². The summed E-state index contributed by atoms with van der Waals surface area (Å²) in [6.07, 6.45) is 0. The Labute approximate surface area is 200 Å². The number of thiophene rings is 1. The van der Waals surface area contributed by atoms with Gasteiger partial charge in [-0.1, -0.05) is 42.5 Å². The molecule has 4 aromatic rings. The summed E-state index contributed by atoms with van der Waals surface area (Å²) in [7, 11) is 0. The summed E-state index contributed by atoms with van der Waals surface area (Å²) in [6, 6.07) is 20.0. The summed E-state index contributed by atoms with van der Waals surface area (Å²) >= 11 is 3.44. The average molecular weight is 474 g/mol. The molecule has 0 aliphatic carbocycles. The molecule has 7 heteroatoms. The smallest absolute Gasteiger partial charge is 0.234 e. The van der Waals surface area contributed by atoms with Crippen LogP contribution in [0.3, 0.4) is 0 Å². The van der Waals surface area contributed by atoms with Crippen LogP contribution in [0.5, 0.6) is 11.5 Å². The van der Waals surface area contributed by atoms with E-state index in [0.29, 0.717) is 0 Å². The first-order chi connectivity index (χ1) is 16.3. The van der Waals surface area contributed by atoms with E-state index in [9.17, 15) is 4.79 Å².